The third kappa shape index (κ3) is 6.03. The molecule has 0 aliphatic rings. The minimum Gasteiger partial charge on any atom is -0.406 e. The largest absolute Gasteiger partial charge is 0.573 e. The van der Waals surface area contributed by atoms with Crippen molar-refractivity contribution in [3.05, 3.63) is 54.1 Å². The average Bonchev–Trinajstić information content (AvgIpc) is 2.46. The topological polar surface area (TPSA) is 45.3 Å². The summed E-state index contributed by atoms with van der Waals surface area (Å²) in [5.74, 6) is -0.292. The molecular weight excluding hydrogens is 327 g/mol. The minimum absolute atomic E-state index is 0.274. The first-order valence-corrected chi connectivity index (χ1v) is 6.98. The predicted octanol–water partition coefficient (Wildman–Crippen LogP) is 4.21. The quantitative estimate of drug-likeness (QED) is 0.574. The van der Waals surface area contributed by atoms with Crippen molar-refractivity contribution in [2.75, 3.05) is 10.7 Å². The van der Waals surface area contributed by atoms with Crippen molar-refractivity contribution >= 4 is 28.7 Å². The second-order valence-electron chi connectivity index (χ2n) is 4.65. The highest BCUT2D eigenvalue weighted by atomic mass is 32.1. The van der Waals surface area contributed by atoms with Gasteiger partial charge in [0, 0.05) is 5.69 Å². The summed E-state index contributed by atoms with van der Waals surface area (Å²) in [6.45, 7) is 1.96. The Labute approximate surface area is 136 Å². The number of anilines is 2. The monoisotopic (exact) mass is 341 g/mol. The Morgan fingerprint density at radius 2 is 1.74 bits per heavy atom. The first-order valence-electron chi connectivity index (χ1n) is 6.57. The standard InChI is InChI=1S/C15H14F3N3OS/c1-10-3-2-4-12(9-10)20-21-14(23)19-11-5-7-13(8-6-11)22-15(16,17)18/h2-9,20H,1H3,(H2,19,21,23). The molecule has 0 radical (unpaired) electrons. The molecule has 0 unspecified atom stereocenters. The fraction of sp³-hybridized carbons (Fsp3) is 0.133. The Bertz CT molecular complexity index is 674. The van der Waals surface area contributed by atoms with Crippen molar-refractivity contribution in [2.24, 2.45) is 0 Å². The smallest absolute Gasteiger partial charge is 0.406 e. The van der Waals surface area contributed by atoms with Gasteiger partial charge in [0.1, 0.15) is 5.75 Å². The number of aryl methyl sites for hydroxylation is 1. The molecule has 2 aromatic rings. The lowest BCUT2D eigenvalue weighted by Gasteiger charge is -2.13. The first kappa shape index (κ1) is 16.9. The predicted molar refractivity (Wildman–Crippen MR) is 87.3 cm³/mol. The Kier molecular flexibility index (Phi) is 5.28. The number of alkyl halides is 3. The van der Waals surface area contributed by atoms with Crippen LogP contribution in [-0.4, -0.2) is 11.5 Å². The van der Waals surface area contributed by atoms with Gasteiger partial charge >= 0.3 is 6.36 Å². The maximum atomic E-state index is 12.1. The van der Waals surface area contributed by atoms with Gasteiger partial charge in [-0.3, -0.25) is 10.9 Å². The van der Waals surface area contributed by atoms with E-state index in [0.29, 0.717) is 5.69 Å². The number of benzene rings is 2. The van der Waals surface area contributed by atoms with Crippen LogP contribution in [0.5, 0.6) is 5.75 Å². The van der Waals surface area contributed by atoms with E-state index in [1.807, 2.05) is 31.2 Å². The number of thiocarbonyl (C=S) groups is 1. The third-order valence-corrected chi connectivity index (χ3v) is 2.89. The van der Waals surface area contributed by atoms with Gasteiger partial charge in [-0.1, -0.05) is 12.1 Å². The Morgan fingerprint density at radius 1 is 1.04 bits per heavy atom. The summed E-state index contributed by atoms with van der Waals surface area (Å²) in [7, 11) is 0. The van der Waals surface area contributed by atoms with Crippen LogP contribution < -0.4 is 20.9 Å². The second kappa shape index (κ2) is 7.19. The van der Waals surface area contributed by atoms with Gasteiger partial charge < -0.3 is 10.1 Å². The van der Waals surface area contributed by atoms with Gasteiger partial charge in [-0.15, -0.1) is 13.2 Å². The van der Waals surface area contributed by atoms with E-state index in [4.69, 9.17) is 12.2 Å². The van der Waals surface area contributed by atoms with E-state index in [-0.39, 0.29) is 10.9 Å². The molecule has 0 aromatic heterocycles. The highest BCUT2D eigenvalue weighted by molar-refractivity contribution is 7.80. The van der Waals surface area contributed by atoms with E-state index in [0.717, 1.165) is 11.3 Å². The van der Waals surface area contributed by atoms with Crippen LogP contribution in [0.2, 0.25) is 0 Å². The van der Waals surface area contributed by atoms with Crippen molar-refractivity contribution in [1.82, 2.24) is 5.43 Å². The Balaban J connectivity index is 1.85. The van der Waals surface area contributed by atoms with Crippen molar-refractivity contribution in [3.8, 4) is 5.75 Å². The molecule has 0 atom stereocenters. The van der Waals surface area contributed by atoms with Crippen LogP contribution in [0.4, 0.5) is 24.5 Å². The Hall–Kier alpha value is -2.48. The summed E-state index contributed by atoms with van der Waals surface area (Å²) < 4.78 is 40.0. The van der Waals surface area contributed by atoms with Crippen molar-refractivity contribution in [3.63, 3.8) is 0 Å². The zero-order chi connectivity index (χ0) is 16.9. The Morgan fingerprint density at radius 3 is 2.35 bits per heavy atom. The molecule has 2 rings (SSSR count). The highest BCUT2D eigenvalue weighted by Gasteiger charge is 2.30. The summed E-state index contributed by atoms with van der Waals surface area (Å²) in [5, 5.41) is 3.11. The van der Waals surface area contributed by atoms with Gasteiger partial charge in [-0.2, -0.15) is 0 Å². The fourth-order valence-corrected chi connectivity index (χ4v) is 1.92. The molecule has 0 heterocycles. The summed E-state index contributed by atoms with van der Waals surface area (Å²) in [6, 6.07) is 12.9. The van der Waals surface area contributed by atoms with Crippen LogP contribution >= 0.6 is 12.2 Å². The lowest BCUT2D eigenvalue weighted by atomic mass is 10.2. The minimum atomic E-state index is -4.70. The summed E-state index contributed by atoms with van der Waals surface area (Å²) in [6.07, 6.45) is -4.70. The van der Waals surface area contributed by atoms with Crippen LogP contribution in [0.1, 0.15) is 5.56 Å². The third-order valence-electron chi connectivity index (χ3n) is 2.68. The second-order valence-corrected chi connectivity index (χ2v) is 5.05. The van der Waals surface area contributed by atoms with Crippen molar-refractivity contribution in [2.45, 2.75) is 13.3 Å². The number of hydrogen-bond acceptors (Lipinski definition) is 3. The number of hydrogen-bond donors (Lipinski definition) is 3. The molecule has 0 saturated carbocycles. The van der Waals surface area contributed by atoms with Crippen molar-refractivity contribution < 1.29 is 17.9 Å². The van der Waals surface area contributed by atoms with Gasteiger partial charge in [0.2, 0.25) is 0 Å². The molecule has 122 valence electrons. The number of rotatable bonds is 4. The molecule has 0 spiro atoms. The maximum Gasteiger partial charge on any atom is 0.573 e. The molecule has 23 heavy (non-hydrogen) atoms. The summed E-state index contributed by atoms with van der Waals surface area (Å²) >= 11 is 5.09. The van der Waals surface area contributed by atoms with E-state index in [9.17, 15) is 13.2 Å². The zero-order valence-electron chi connectivity index (χ0n) is 12.1. The van der Waals surface area contributed by atoms with Crippen LogP contribution in [0, 0.1) is 6.92 Å². The van der Waals surface area contributed by atoms with Crippen LogP contribution in [0.25, 0.3) is 0 Å². The number of nitrogens with one attached hydrogen (secondary N) is 3. The molecule has 4 nitrogen and oxygen atoms in total. The molecule has 0 fully saturated rings. The molecule has 8 heteroatoms. The van der Waals surface area contributed by atoms with Crippen molar-refractivity contribution in [1.29, 1.82) is 0 Å². The van der Waals surface area contributed by atoms with Crippen LogP contribution in [-0.2, 0) is 0 Å². The van der Waals surface area contributed by atoms with Gasteiger partial charge in [0.15, 0.2) is 5.11 Å². The number of ether oxygens (including phenoxy) is 1. The lowest BCUT2D eigenvalue weighted by Crippen LogP contribution is -2.33. The van der Waals surface area contributed by atoms with Gasteiger partial charge in [0.25, 0.3) is 0 Å². The van der Waals surface area contributed by atoms with E-state index in [2.05, 4.69) is 20.9 Å². The lowest BCUT2D eigenvalue weighted by molar-refractivity contribution is -0.274. The van der Waals surface area contributed by atoms with E-state index in [1.165, 1.54) is 24.3 Å². The molecule has 0 bridgehead atoms. The highest BCUT2D eigenvalue weighted by Crippen LogP contribution is 2.23. The molecule has 0 amide bonds. The normalized spacial score (nSPS) is 10.8. The van der Waals surface area contributed by atoms with Gasteiger partial charge in [0.05, 0.1) is 5.69 Å². The van der Waals surface area contributed by atoms with E-state index in [1.54, 1.807) is 0 Å². The maximum absolute atomic E-state index is 12.1. The SMILES string of the molecule is Cc1cccc(NNC(=S)Nc2ccc(OC(F)(F)F)cc2)c1. The molecule has 0 aliphatic heterocycles. The average molecular weight is 341 g/mol. The fourth-order valence-electron chi connectivity index (χ4n) is 1.75. The number of halogens is 3. The van der Waals surface area contributed by atoms with Crippen LogP contribution in [0.15, 0.2) is 48.5 Å². The molecule has 0 aliphatic carbocycles. The number of hydrazine groups is 1. The summed E-state index contributed by atoms with van der Waals surface area (Å²) in [5.41, 5.74) is 8.17. The molecular formula is C15H14F3N3OS. The first-order chi connectivity index (χ1) is 10.8. The molecule has 3 N–H and O–H groups in total. The molecule has 2 aromatic carbocycles. The van der Waals surface area contributed by atoms with Gasteiger partial charge in [-0.25, -0.2) is 0 Å². The summed E-state index contributed by atoms with van der Waals surface area (Å²) in [4.78, 5) is 0. The van der Waals surface area contributed by atoms with Gasteiger partial charge in [-0.05, 0) is 61.1 Å². The molecule has 0 saturated heterocycles. The zero-order valence-corrected chi connectivity index (χ0v) is 12.9. The van der Waals surface area contributed by atoms with Crippen LogP contribution in [0.3, 0.4) is 0 Å². The van der Waals surface area contributed by atoms with E-state index < -0.39 is 6.36 Å². The van der Waals surface area contributed by atoms with E-state index >= 15 is 0 Å².